The molecular weight excluding hydrogens is 418 g/mol. The van der Waals surface area contributed by atoms with E-state index in [1.54, 1.807) is 4.31 Å². The Labute approximate surface area is 184 Å². The fraction of sp³-hybridized carbons (Fsp3) is 0.636. The predicted octanol–water partition coefficient (Wildman–Crippen LogP) is 3.18. The summed E-state index contributed by atoms with van der Waals surface area (Å²) in [6.07, 6.45) is 4.76. The predicted molar refractivity (Wildman–Crippen MR) is 118 cm³/mol. The highest BCUT2D eigenvalue weighted by Gasteiger charge is 2.59. The Morgan fingerprint density at radius 2 is 1.74 bits per heavy atom. The lowest BCUT2D eigenvalue weighted by atomic mass is 9.48. The molecule has 2 unspecified atom stereocenters. The van der Waals surface area contributed by atoms with E-state index in [9.17, 15) is 23.8 Å². The van der Waals surface area contributed by atoms with Gasteiger partial charge in [0.15, 0.2) is 0 Å². The number of amides is 1. The molecule has 6 rings (SSSR count). The normalized spacial score (nSPS) is 37.4. The van der Waals surface area contributed by atoms with E-state index < -0.39 is 22.3 Å². The first-order valence-electron chi connectivity index (χ1n) is 11.2. The lowest BCUT2D eigenvalue weighted by Crippen LogP contribution is -2.62. The summed E-state index contributed by atoms with van der Waals surface area (Å²) in [6.45, 7) is 0.895. The number of anilines is 1. The van der Waals surface area contributed by atoms with E-state index in [0.717, 1.165) is 31.4 Å². The average molecular weight is 450 g/mol. The number of hydrogen-bond acceptors (Lipinski definition) is 6. The number of carbonyl (C=O) groups excluding carboxylic acids is 1. The second-order valence-corrected chi connectivity index (χ2v) is 11.7. The molecule has 9 heteroatoms. The van der Waals surface area contributed by atoms with E-state index in [2.05, 4.69) is 5.32 Å². The molecule has 5 fully saturated rings. The van der Waals surface area contributed by atoms with Crippen LogP contribution in [0.2, 0.25) is 0 Å². The van der Waals surface area contributed by atoms with Crippen molar-refractivity contribution in [1.29, 1.82) is 0 Å². The van der Waals surface area contributed by atoms with Gasteiger partial charge in [-0.25, -0.2) is 0 Å². The molecule has 1 aromatic rings. The highest BCUT2D eigenvalue weighted by atomic mass is 32.3. The van der Waals surface area contributed by atoms with Gasteiger partial charge in [0, 0.05) is 19.1 Å². The van der Waals surface area contributed by atoms with Crippen LogP contribution in [0.25, 0.3) is 0 Å². The molecule has 1 aliphatic heterocycles. The molecule has 1 aromatic carbocycles. The lowest BCUT2D eigenvalue weighted by molar-refractivity contribution is -0.167. The van der Waals surface area contributed by atoms with Crippen LogP contribution >= 0.6 is 11.0 Å². The summed E-state index contributed by atoms with van der Waals surface area (Å²) in [7, 11) is -3.27. The van der Waals surface area contributed by atoms with Gasteiger partial charge in [-0.05, 0) is 68.4 Å². The number of nitrogens with zero attached hydrogens (tertiary/aromatic N) is 2. The summed E-state index contributed by atoms with van der Waals surface area (Å²) in [6, 6.07) is 9.26. The van der Waals surface area contributed by atoms with Gasteiger partial charge in [0.2, 0.25) is 5.91 Å². The number of hydrogen-bond donors (Lipinski definition) is 4. The zero-order valence-corrected chi connectivity index (χ0v) is 18.3. The van der Waals surface area contributed by atoms with E-state index in [0.29, 0.717) is 31.8 Å². The third-order valence-electron chi connectivity index (χ3n) is 7.83. The van der Waals surface area contributed by atoms with Gasteiger partial charge in [0.1, 0.15) is 0 Å². The Kier molecular flexibility index (Phi) is 5.20. The quantitative estimate of drug-likeness (QED) is 0.546. The van der Waals surface area contributed by atoms with Crippen LogP contribution in [0.1, 0.15) is 38.5 Å². The molecule has 8 nitrogen and oxygen atoms in total. The Bertz CT molecular complexity index is 850. The lowest BCUT2D eigenvalue weighted by Gasteiger charge is -2.58. The fourth-order valence-electron chi connectivity index (χ4n) is 6.72. The zero-order chi connectivity index (χ0) is 21.8. The van der Waals surface area contributed by atoms with Crippen molar-refractivity contribution in [3.8, 4) is 0 Å². The van der Waals surface area contributed by atoms with Crippen LogP contribution in [0.5, 0.6) is 0 Å². The SMILES string of the molecule is O=C(CN1CCCN(c2ccccc2)S1(O)O)NC1C2CC3CC1CC(C(=O)O)(C3)C2. The van der Waals surface area contributed by atoms with Crippen molar-refractivity contribution in [1.82, 2.24) is 9.62 Å². The number of carboxylic acid groups (broad SMARTS) is 1. The van der Waals surface area contributed by atoms with Crippen molar-refractivity contribution in [3.05, 3.63) is 30.3 Å². The molecule has 4 N–H and O–H groups in total. The van der Waals surface area contributed by atoms with Gasteiger partial charge < -0.3 is 10.4 Å². The maximum Gasteiger partial charge on any atom is 0.309 e. The largest absolute Gasteiger partial charge is 0.481 e. The minimum Gasteiger partial charge on any atom is -0.481 e. The summed E-state index contributed by atoms with van der Waals surface area (Å²) < 4.78 is 25.0. The summed E-state index contributed by atoms with van der Waals surface area (Å²) >= 11 is 0. The summed E-state index contributed by atoms with van der Waals surface area (Å²) in [4.78, 5) is 24.9. The highest BCUT2D eigenvalue weighted by molar-refractivity contribution is 8.23. The highest BCUT2D eigenvalue weighted by Crippen LogP contribution is 2.60. The number of carbonyl (C=O) groups is 2. The second kappa shape index (κ2) is 7.65. The van der Waals surface area contributed by atoms with Gasteiger partial charge in [-0.2, -0.15) is 4.31 Å². The van der Waals surface area contributed by atoms with E-state index in [-0.39, 0.29) is 30.3 Å². The van der Waals surface area contributed by atoms with Crippen molar-refractivity contribution in [2.24, 2.45) is 23.2 Å². The van der Waals surface area contributed by atoms with Gasteiger partial charge in [-0.1, -0.05) is 29.2 Å². The first-order chi connectivity index (χ1) is 14.8. The first kappa shape index (κ1) is 21.1. The van der Waals surface area contributed by atoms with Crippen LogP contribution in [-0.2, 0) is 9.59 Å². The monoisotopic (exact) mass is 449 g/mol. The Balaban J connectivity index is 1.25. The standard InChI is InChI=1S/C22H31N3O5S/c26-19(14-24-7-4-8-25(31(24,29)30)18-5-2-1-3-6-18)23-20-16-9-15-10-17(20)13-22(11-15,12-16)21(27)28/h1-3,5-6,15-17,20,29-30H,4,7-14H2,(H,23,26)(H,27,28). The summed E-state index contributed by atoms with van der Waals surface area (Å²) in [5, 5.41) is 12.9. The van der Waals surface area contributed by atoms with Gasteiger partial charge >= 0.3 is 5.97 Å². The molecule has 4 aliphatic carbocycles. The number of benzene rings is 1. The van der Waals surface area contributed by atoms with E-state index in [1.807, 2.05) is 30.3 Å². The van der Waals surface area contributed by atoms with Gasteiger partial charge in [0.25, 0.3) is 0 Å². The van der Waals surface area contributed by atoms with E-state index >= 15 is 0 Å². The average Bonchev–Trinajstić information content (AvgIpc) is 2.72. The molecule has 1 saturated heterocycles. The Morgan fingerprint density at radius 3 is 2.39 bits per heavy atom. The molecule has 0 spiro atoms. The van der Waals surface area contributed by atoms with Crippen molar-refractivity contribution >= 4 is 28.5 Å². The number of carboxylic acids is 1. The van der Waals surface area contributed by atoms with Gasteiger partial charge in [-0.15, -0.1) is 0 Å². The zero-order valence-electron chi connectivity index (χ0n) is 17.5. The third kappa shape index (κ3) is 3.61. The van der Waals surface area contributed by atoms with Gasteiger partial charge in [-0.3, -0.25) is 23.0 Å². The maximum atomic E-state index is 13.0. The van der Waals surface area contributed by atoms with Crippen LogP contribution in [0, 0.1) is 23.2 Å². The third-order valence-corrected chi connectivity index (χ3v) is 9.82. The molecule has 170 valence electrons. The number of para-hydroxylation sites is 1. The smallest absolute Gasteiger partial charge is 0.309 e. The molecular formula is C22H31N3O5S. The summed E-state index contributed by atoms with van der Waals surface area (Å²) in [5.74, 6) is -0.0328. The molecule has 1 amide bonds. The molecule has 0 aromatic heterocycles. The molecule has 2 atom stereocenters. The first-order valence-corrected chi connectivity index (χ1v) is 12.6. The summed E-state index contributed by atoms with van der Waals surface area (Å²) in [5.41, 5.74) is 0.128. The Morgan fingerprint density at radius 1 is 1.06 bits per heavy atom. The maximum absolute atomic E-state index is 13.0. The van der Waals surface area contributed by atoms with Crippen molar-refractivity contribution < 1.29 is 23.8 Å². The van der Waals surface area contributed by atoms with Crippen LogP contribution in [-0.4, -0.2) is 56.1 Å². The van der Waals surface area contributed by atoms with E-state index in [1.165, 1.54) is 4.31 Å². The van der Waals surface area contributed by atoms with Crippen LogP contribution in [0.15, 0.2) is 30.3 Å². The molecule has 4 bridgehead atoms. The van der Waals surface area contributed by atoms with Crippen molar-refractivity contribution in [2.75, 3.05) is 23.9 Å². The van der Waals surface area contributed by atoms with Crippen LogP contribution in [0.4, 0.5) is 5.69 Å². The second-order valence-electron chi connectivity index (χ2n) is 9.79. The molecule has 0 radical (unpaired) electrons. The van der Waals surface area contributed by atoms with E-state index in [4.69, 9.17) is 0 Å². The minimum absolute atomic E-state index is 0.00618. The topological polar surface area (TPSA) is 113 Å². The molecule has 31 heavy (non-hydrogen) atoms. The molecule has 4 saturated carbocycles. The number of nitrogens with one attached hydrogen (secondary N) is 1. The molecule has 5 aliphatic rings. The number of aliphatic carboxylic acids is 1. The fourth-order valence-corrected chi connectivity index (χ4v) is 8.44. The Hall–Kier alpha value is -1.81. The molecule has 1 heterocycles. The number of rotatable bonds is 5. The van der Waals surface area contributed by atoms with Gasteiger partial charge in [0.05, 0.1) is 17.6 Å². The minimum atomic E-state index is -3.27. The van der Waals surface area contributed by atoms with Crippen molar-refractivity contribution in [2.45, 2.75) is 44.6 Å². The van der Waals surface area contributed by atoms with Crippen LogP contribution < -0.4 is 9.62 Å². The van der Waals surface area contributed by atoms with Crippen molar-refractivity contribution in [3.63, 3.8) is 0 Å². The van der Waals surface area contributed by atoms with Crippen LogP contribution in [0.3, 0.4) is 0 Å².